The Kier molecular flexibility index (Phi) is 8.05. The first-order valence-corrected chi connectivity index (χ1v) is 13.3. The van der Waals surface area contributed by atoms with Crippen LogP contribution < -0.4 is 4.90 Å². The molecule has 0 N–H and O–H groups in total. The van der Waals surface area contributed by atoms with Gasteiger partial charge in [-0.05, 0) is 76.7 Å². The van der Waals surface area contributed by atoms with E-state index in [0.717, 1.165) is 28.2 Å². The molecule has 0 atom stereocenters. The van der Waals surface area contributed by atoms with Crippen LogP contribution in [0.2, 0.25) is 0 Å². The van der Waals surface area contributed by atoms with Gasteiger partial charge in [-0.25, -0.2) is 0 Å². The number of benzene rings is 5. The van der Waals surface area contributed by atoms with E-state index in [2.05, 4.69) is 171 Å². The summed E-state index contributed by atoms with van der Waals surface area (Å²) >= 11 is 0. The van der Waals surface area contributed by atoms with E-state index in [-0.39, 0.29) is 0 Å². The quantitative estimate of drug-likeness (QED) is 0.151. The van der Waals surface area contributed by atoms with Crippen LogP contribution in [-0.2, 0) is 0 Å². The van der Waals surface area contributed by atoms with E-state index in [1.807, 2.05) is 6.92 Å². The third-order valence-electron chi connectivity index (χ3n) is 6.96. The Balaban J connectivity index is 1.50. The Morgan fingerprint density at radius 3 is 1.33 bits per heavy atom. The molecule has 0 aliphatic rings. The molecule has 39 heavy (non-hydrogen) atoms. The van der Waals surface area contributed by atoms with Gasteiger partial charge in [-0.1, -0.05) is 127 Å². The van der Waals surface area contributed by atoms with Crippen molar-refractivity contribution in [2.75, 3.05) is 4.90 Å². The summed E-state index contributed by atoms with van der Waals surface area (Å²) in [6.45, 7) is 6.32. The van der Waals surface area contributed by atoms with E-state index in [4.69, 9.17) is 0 Å². The van der Waals surface area contributed by atoms with Crippen LogP contribution in [0, 0.1) is 0 Å². The highest BCUT2D eigenvalue weighted by atomic mass is 15.1. The zero-order valence-electron chi connectivity index (χ0n) is 22.6. The van der Waals surface area contributed by atoms with E-state index in [1.54, 1.807) is 0 Å². The van der Waals surface area contributed by atoms with Gasteiger partial charge in [0.2, 0.25) is 0 Å². The van der Waals surface area contributed by atoms with Crippen molar-refractivity contribution in [3.8, 4) is 22.3 Å². The van der Waals surface area contributed by atoms with Gasteiger partial charge in [0, 0.05) is 17.1 Å². The van der Waals surface area contributed by atoms with Gasteiger partial charge in [-0.15, -0.1) is 0 Å². The summed E-state index contributed by atoms with van der Waals surface area (Å²) in [7, 11) is 2.09. The van der Waals surface area contributed by atoms with Crippen LogP contribution in [0.1, 0.15) is 12.5 Å². The Morgan fingerprint density at radius 2 is 0.923 bits per heavy atom. The SMILES string of the molecule is BC(/C=C\C(=C)c1ccc(N(c2ccc(-c3ccccc3)cc2)c2ccc(-c3ccccc3)cc2)cc1)=C/C. The van der Waals surface area contributed by atoms with Gasteiger partial charge in [0.1, 0.15) is 7.85 Å². The first kappa shape index (κ1) is 25.8. The molecule has 0 fully saturated rings. The lowest BCUT2D eigenvalue weighted by Gasteiger charge is -2.26. The maximum atomic E-state index is 4.27. The monoisotopic (exact) mass is 501 g/mol. The topological polar surface area (TPSA) is 3.24 Å². The summed E-state index contributed by atoms with van der Waals surface area (Å²) in [5.74, 6) is 0. The van der Waals surface area contributed by atoms with E-state index < -0.39 is 0 Å². The van der Waals surface area contributed by atoms with Crippen LogP contribution in [0.15, 0.2) is 164 Å². The van der Waals surface area contributed by atoms with Gasteiger partial charge in [0.15, 0.2) is 0 Å². The zero-order chi connectivity index (χ0) is 27.0. The number of anilines is 3. The minimum atomic E-state index is 0.994. The molecule has 5 aromatic rings. The van der Waals surface area contributed by atoms with Gasteiger partial charge in [0.05, 0.1) is 0 Å². The molecule has 0 saturated heterocycles. The second-order valence-corrected chi connectivity index (χ2v) is 9.60. The molecule has 0 aliphatic heterocycles. The first-order valence-electron chi connectivity index (χ1n) is 13.3. The molecule has 2 heteroatoms. The molecule has 5 rings (SSSR count). The second kappa shape index (κ2) is 12.2. The number of nitrogens with zero attached hydrogens (tertiary/aromatic N) is 1. The molecule has 1 nitrogen and oxygen atoms in total. The fourth-order valence-electron chi connectivity index (χ4n) is 4.56. The molecule has 0 saturated carbocycles. The molecule has 0 unspecified atom stereocenters. The van der Waals surface area contributed by atoms with Gasteiger partial charge >= 0.3 is 0 Å². The predicted octanol–water partition coefficient (Wildman–Crippen LogP) is 9.60. The van der Waals surface area contributed by atoms with Crippen molar-refractivity contribution in [2.24, 2.45) is 0 Å². The lowest BCUT2D eigenvalue weighted by Crippen LogP contribution is -2.09. The molecular weight excluding hydrogens is 469 g/mol. The average molecular weight is 501 g/mol. The molecule has 188 valence electrons. The molecule has 0 aromatic heterocycles. The van der Waals surface area contributed by atoms with Crippen LogP contribution in [0.3, 0.4) is 0 Å². The molecule has 0 heterocycles. The third-order valence-corrected chi connectivity index (χ3v) is 6.96. The third kappa shape index (κ3) is 6.19. The van der Waals surface area contributed by atoms with Crippen molar-refractivity contribution in [2.45, 2.75) is 6.92 Å². The van der Waals surface area contributed by atoms with Gasteiger partial charge in [-0.2, -0.15) is 0 Å². The second-order valence-electron chi connectivity index (χ2n) is 9.60. The van der Waals surface area contributed by atoms with Crippen LogP contribution in [0.5, 0.6) is 0 Å². The summed E-state index contributed by atoms with van der Waals surface area (Å²) in [4.78, 5) is 2.30. The lowest BCUT2D eigenvalue weighted by atomic mass is 9.94. The Hall–Kier alpha value is -4.82. The maximum Gasteiger partial charge on any atom is 0.138 e. The van der Waals surface area contributed by atoms with Crippen molar-refractivity contribution in [3.05, 3.63) is 169 Å². The van der Waals surface area contributed by atoms with Crippen LogP contribution in [0.25, 0.3) is 27.8 Å². The summed E-state index contributed by atoms with van der Waals surface area (Å²) < 4.78 is 0. The largest absolute Gasteiger partial charge is 0.311 e. The van der Waals surface area contributed by atoms with Crippen molar-refractivity contribution in [3.63, 3.8) is 0 Å². The van der Waals surface area contributed by atoms with Gasteiger partial charge < -0.3 is 4.90 Å². The minimum absolute atomic E-state index is 0.994. The highest BCUT2D eigenvalue weighted by molar-refractivity contribution is 6.23. The zero-order valence-corrected chi connectivity index (χ0v) is 22.6. The lowest BCUT2D eigenvalue weighted by molar-refractivity contribution is 1.28. The van der Waals surface area contributed by atoms with Crippen LogP contribution in [-0.4, -0.2) is 7.85 Å². The number of hydrogen-bond acceptors (Lipinski definition) is 1. The average Bonchev–Trinajstić information content (AvgIpc) is 3.01. The van der Waals surface area contributed by atoms with Crippen molar-refractivity contribution in [1.82, 2.24) is 0 Å². The van der Waals surface area contributed by atoms with Gasteiger partial charge in [0.25, 0.3) is 0 Å². The number of rotatable bonds is 8. The molecule has 0 radical (unpaired) electrons. The summed E-state index contributed by atoms with van der Waals surface area (Å²) in [5.41, 5.74) is 11.5. The van der Waals surface area contributed by atoms with E-state index in [9.17, 15) is 0 Å². The number of hydrogen-bond donors (Lipinski definition) is 0. The highest BCUT2D eigenvalue weighted by Gasteiger charge is 2.13. The van der Waals surface area contributed by atoms with Crippen LogP contribution in [0.4, 0.5) is 17.1 Å². The summed E-state index contributed by atoms with van der Waals surface area (Å²) in [5, 5.41) is 0. The molecule has 0 spiro atoms. The van der Waals surface area contributed by atoms with Crippen molar-refractivity contribution in [1.29, 1.82) is 0 Å². The summed E-state index contributed by atoms with van der Waals surface area (Å²) in [6, 6.07) is 47.2. The van der Waals surface area contributed by atoms with Crippen molar-refractivity contribution >= 4 is 30.5 Å². The van der Waals surface area contributed by atoms with E-state index in [1.165, 1.54) is 27.7 Å². The molecule has 0 aliphatic carbocycles. The molecule has 5 aromatic carbocycles. The number of allylic oxidation sites excluding steroid dienone is 5. The fraction of sp³-hybridized carbons (Fsp3) is 0.0270. The molecule has 0 bridgehead atoms. The van der Waals surface area contributed by atoms with E-state index in [0.29, 0.717) is 0 Å². The fourth-order valence-corrected chi connectivity index (χ4v) is 4.56. The standard InChI is InChI=1S/C37H32BN/c1-3-34(38)21-14-28(2)29-15-22-35(23-16-29)39(36-24-17-32(18-25-36)30-10-6-4-7-11-30)37-26-19-33(20-27-37)31-12-8-5-9-13-31/h3-27H,2,38H2,1H3/b21-14-,34-3+. The first-order chi connectivity index (χ1) is 19.1. The normalized spacial score (nSPS) is 11.5. The Labute approximate surface area is 233 Å². The van der Waals surface area contributed by atoms with Crippen LogP contribution >= 0.6 is 0 Å². The van der Waals surface area contributed by atoms with Gasteiger partial charge in [-0.3, -0.25) is 0 Å². The van der Waals surface area contributed by atoms with E-state index >= 15 is 0 Å². The predicted molar refractivity (Wildman–Crippen MR) is 172 cm³/mol. The smallest absolute Gasteiger partial charge is 0.138 e. The Bertz CT molecular complexity index is 1500. The maximum absolute atomic E-state index is 4.27. The molecular formula is C37H32BN. The highest BCUT2D eigenvalue weighted by Crippen LogP contribution is 2.37. The van der Waals surface area contributed by atoms with Crippen molar-refractivity contribution < 1.29 is 0 Å². The summed E-state index contributed by atoms with van der Waals surface area (Å²) in [6.07, 6.45) is 6.27. The minimum Gasteiger partial charge on any atom is -0.311 e. The Morgan fingerprint density at radius 1 is 0.538 bits per heavy atom. The molecule has 0 amide bonds.